The van der Waals surface area contributed by atoms with Gasteiger partial charge >= 0.3 is 0 Å². The Bertz CT molecular complexity index is 590. The first-order valence-corrected chi connectivity index (χ1v) is 6.62. The van der Waals surface area contributed by atoms with Crippen LogP contribution in [0.2, 0.25) is 0 Å². The Morgan fingerprint density at radius 3 is 2.55 bits per heavy atom. The third-order valence-electron chi connectivity index (χ3n) is 3.16. The van der Waals surface area contributed by atoms with Gasteiger partial charge in [-0.2, -0.15) is 0 Å². The zero-order valence-corrected chi connectivity index (χ0v) is 11.5. The van der Waals surface area contributed by atoms with E-state index in [1.165, 1.54) is 0 Å². The molecular formula is C17H18O3. The molecule has 104 valence electrons. The number of rotatable bonds is 6. The average molecular weight is 270 g/mol. The number of benzene rings is 2. The molecule has 2 aromatic carbocycles. The summed E-state index contributed by atoms with van der Waals surface area (Å²) in [4.78, 5) is 12.1. The summed E-state index contributed by atoms with van der Waals surface area (Å²) in [6.45, 7) is 1.98. The molecule has 0 aliphatic carbocycles. The van der Waals surface area contributed by atoms with Crippen LogP contribution in [-0.4, -0.2) is 24.1 Å². The van der Waals surface area contributed by atoms with Gasteiger partial charge in [-0.05, 0) is 30.5 Å². The summed E-state index contributed by atoms with van der Waals surface area (Å²) in [7, 11) is 0. The molecule has 1 N–H and O–H groups in total. The zero-order valence-electron chi connectivity index (χ0n) is 11.5. The molecule has 0 fully saturated rings. The molecule has 0 amide bonds. The van der Waals surface area contributed by atoms with Crippen LogP contribution in [0.1, 0.15) is 21.5 Å². The number of hydrogen-bond donors (Lipinski definition) is 1. The molecule has 3 nitrogen and oxygen atoms in total. The van der Waals surface area contributed by atoms with Crippen LogP contribution < -0.4 is 4.74 Å². The Morgan fingerprint density at radius 1 is 1.10 bits per heavy atom. The van der Waals surface area contributed by atoms with Crippen molar-refractivity contribution < 1.29 is 14.6 Å². The number of ether oxygens (including phenoxy) is 1. The van der Waals surface area contributed by atoms with Crippen molar-refractivity contribution >= 4 is 5.78 Å². The van der Waals surface area contributed by atoms with Crippen LogP contribution in [0, 0.1) is 6.92 Å². The summed E-state index contributed by atoms with van der Waals surface area (Å²) in [5.74, 6) is 0.616. The van der Waals surface area contributed by atoms with Gasteiger partial charge in [0, 0.05) is 12.2 Å². The largest absolute Gasteiger partial charge is 0.485 e. The van der Waals surface area contributed by atoms with Gasteiger partial charge in [-0.1, -0.05) is 42.5 Å². The molecule has 0 unspecified atom stereocenters. The Hall–Kier alpha value is -2.13. The van der Waals surface area contributed by atoms with E-state index < -0.39 is 0 Å². The number of carbonyl (C=O) groups is 1. The van der Waals surface area contributed by atoms with Gasteiger partial charge in [0.25, 0.3) is 0 Å². The summed E-state index contributed by atoms with van der Waals surface area (Å²) in [6.07, 6.45) is 0.523. The Labute approximate surface area is 118 Å². The van der Waals surface area contributed by atoms with Gasteiger partial charge in [-0.25, -0.2) is 0 Å². The Balaban J connectivity index is 2.06. The monoisotopic (exact) mass is 270 g/mol. The summed E-state index contributed by atoms with van der Waals surface area (Å²) >= 11 is 0. The lowest BCUT2D eigenvalue weighted by molar-refractivity contribution is 0.0920. The van der Waals surface area contributed by atoms with Crippen LogP contribution in [-0.2, 0) is 6.42 Å². The molecular weight excluding hydrogens is 252 g/mol. The lowest BCUT2D eigenvalue weighted by Crippen LogP contribution is -2.13. The summed E-state index contributed by atoms with van der Waals surface area (Å²) in [6, 6.07) is 14.9. The van der Waals surface area contributed by atoms with Gasteiger partial charge < -0.3 is 9.84 Å². The van der Waals surface area contributed by atoms with E-state index in [1.54, 1.807) is 6.07 Å². The minimum absolute atomic E-state index is 0.00724. The fourth-order valence-corrected chi connectivity index (χ4v) is 2.08. The minimum Gasteiger partial charge on any atom is -0.485 e. The van der Waals surface area contributed by atoms with Gasteiger partial charge in [-0.3, -0.25) is 4.79 Å². The lowest BCUT2D eigenvalue weighted by atomic mass is 10.1. The second-order valence-electron chi connectivity index (χ2n) is 4.61. The van der Waals surface area contributed by atoms with Gasteiger partial charge in [-0.15, -0.1) is 0 Å². The van der Waals surface area contributed by atoms with E-state index in [1.807, 2.05) is 49.4 Å². The minimum atomic E-state index is -0.0399. The molecule has 0 aliphatic heterocycles. The van der Waals surface area contributed by atoms with Crippen LogP contribution in [0.4, 0.5) is 0 Å². The molecule has 20 heavy (non-hydrogen) atoms. The Kier molecular flexibility index (Phi) is 4.91. The van der Waals surface area contributed by atoms with E-state index in [-0.39, 0.29) is 19.0 Å². The van der Waals surface area contributed by atoms with Gasteiger partial charge in [0.05, 0.1) is 0 Å². The number of aliphatic hydroxyl groups is 1. The van der Waals surface area contributed by atoms with Crippen molar-refractivity contribution in [1.29, 1.82) is 0 Å². The summed E-state index contributed by atoms with van der Waals surface area (Å²) < 4.78 is 5.60. The molecule has 0 saturated carbocycles. The quantitative estimate of drug-likeness (QED) is 0.821. The SMILES string of the molecule is Cc1ccccc1C(=O)COc1ccccc1CCO. The van der Waals surface area contributed by atoms with Crippen molar-refractivity contribution in [1.82, 2.24) is 0 Å². The van der Waals surface area contributed by atoms with Crippen LogP contribution in [0.5, 0.6) is 5.75 Å². The third kappa shape index (κ3) is 3.45. The highest BCUT2D eigenvalue weighted by molar-refractivity contribution is 5.98. The number of hydrogen-bond acceptors (Lipinski definition) is 3. The van der Waals surface area contributed by atoms with Gasteiger partial charge in [0.2, 0.25) is 0 Å². The fraction of sp³-hybridized carbons (Fsp3) is 0.235. The first kappa shape index (κ1) is 14.3. The van der Waals surface area contributed by atoms with E-state index >= 15 is 0 Å². The van der Waals surface area contributed by atoms with Crippen molar-refractivity contribution in [2.45, 2.75) is 13.3 Å². The number of carbonyl (C=O) groups excluding carboxylic acids is 1. The molecule has 2 aromatic rings. The number of Topliss-reactive ketones (excluding diaryl/α,β-unsaturated/α-hetero) is 1. The number of aryl methyl sites for hydroxylation is 1. The van der Waals surface area contributed by atoms with Crippen LogP contribution >= 0.6 is 0 Å². The van der Waals surface area contributed by atoms with Crippen LogP contribution in [0.15, 0.2) is 48.5 Å². The van der Waals surface area contributed by atoms with Crippen molar-refractivity contribution in [3.63, 3.8) is 0 Å². The predicted octanol–water partition coefficient (Wildman–Crippen LogP) is 2.79. The number of para-hydroxylation sites is 1. The van der Waals surface area contributed by atoms with E-state index in [2.05, 4.69) is 0 Å². The second-order valence-corrected chi connectivity index (χ2v) is 4.61. The zero-order chi connectivity index (χ0) is 14.4. The van der Waals surface area contributed by atoms with Crippen LogP contribution in [0.25, 0.3) is 0 Å². The summed E-state index contributed by atoms with van der Waals surface area (Å²) in [5.41, 5.74) is 2.55. The molecule has 0 aliphatic rings. The molecule has 0 heterocycles. The van der Waals surface area contributed by atoms with E-state index in [0.717, 1.165) is 11.1 Å². The van der Waals surface area contributed by atoms with E-state index in [4.69, 9.17) is 9.84 Å². The first-order chi connectivity index (χ1) is 9.72. The first-order valence-electron chi connectivity index (χ1n) is 6.62. The van der Waals surface area contributed by atoms with Crippen molar-refractivity contribution in [3.05, 3.63) is 65.2 Å². The van der Waals surface area contributed by atoms with Gasteiger partial charge in [0.1, 0.15) is 5.75 Å². The molecule has 0 saturated heterocycles. The average Bonchev–Trinajstić information content (AvgIpc) is 2.47. The second kappa shape index (κ2) is 6.87. The molecule has 0 bridgehead atoms. The van der Waals surface area contributed by atoms with Crippen molar-refractivity contribution in [2.24, 2.45) is 0 Å². The standard InChI is InChI=1S/C17H18O3/c1-13-6-2-4-8-15(13)16(19)12-20-17-9-5-3-7-14(17)10-11-18/h2-9,18H,10-12H2,1H3. The summed E-state index contributed by atoms with van der Waals surface area (Å²) in [5, 5.41) is 9.01. The molecule has 3 heteroatoms. The van der Waals surface area contributed by atoms with Crippen LogP contribution in [0.3, 0.4) is 0 Å². The van der Waals surface area contributed by atoms with Crippen molar-refractivity contribution in [2.75, 3.05) is 13.2 Å². The number of aliphatic hydroxyl groups excluding tert-OH is 1. The smallest absolute Gasteiger partial charge is 0.200 e. The maximum atomic E-state index is 12.1. The maximum Gasteiger partial charge on any atom is 0.200 e. The molecule has 0 aromatic heterocycles. The molecule has 2 rings (SSSR count). The predicted molar refractivity (Wildman–Crippen MR) is 78.2 cm³/mol. The normalized spacial score (nSPS) is 10.3. The highest BCUT2D eigenvalue weighted by Gasteiger charge is 2.10. The van der Waals surface area contributed by atoms with E-state index in [9.17, 15) is 4.79 Å². The highest BCUT2D eigenvalue weighted by atomic mass is 16.5. The highest BCUT2D eigenvalue weighted by Crippen LogP contribution is 2.19. The molecule has 0 radical (unpaired) electrons. The van der Waals surface area contributed by atoms with Gasteiger partial charge in [0.15, 0.2) is 12.4 Å². The topological polar surface area (TPSA) is 46.5 Å². The van der Waals surface area contributed by atoms with E-state index in [0.29, 0.717) is 17.7 Å². The molecule has 0 atom stereocenters. The third-order valence-corrected chi connectivity index (χ3v) is 3.16. The maximum absolute atomic E-state index is 12.1. The lowest BCUT2D eigenvalue weighted by Gasteiger charge is -2.11. The Morgan fingerprint density at radius 2 is 1.80 bits per heavy atom. The number of ketones is 1. The van der Waals surface area contributed by atoms with Crippen molar-refractivity contribution in [3.8, 4) is 5.75 Å². The molecule has 0 spiro atoms. The fourth-order valence-electron chi connectivity index (χ4n) is 2.08.